The van der Waals surface area contributed by atoms with Crippen molar-refractivity contribution in [2.75, 3.05) is 4.90 Å². The van der Waals surface area contributed by atoms with E-state index in [-0.39, 0.29) is 0 Å². The van der Waals surface area contributed by atoms with E-state index in [0.717, 1.165) is 72.2 Å². The van der Waals surface area contributed by atoms with Crippen LogP contribution in [0.25, 0.3) is 96.0 Å². The Bertz CT molecular complexity index is 3440. The number of para-hydroxylation sites is 1. The molecule has 4 aromatic heterocycles. The SMILES string of the molecule is c1ccc(-c2nc3ccc4sc5ccc(-c6ccc(N(c7ccc8c(c7)sc7ccccc78)c7ccc8oc9ccccc9c8c7)cc6)cc5c4c3o2)cc1. The van der Waals surface area contributed by atoms with Crippen molar-refractivity contribution in [1.82, 2.24) is 4.98 Å². The molecular weight excluding hydrogens is 713 g/mol. The van der Waals surface area contributed by atoms with Gasteiger partial charge in [0.15, 0.2) is 5.58 Å². The first-order valence-electron chi connectivity index (χ1n) is 18.3. The highest BCUT2D eigenvalue weighted by Gasteiger charge is 2.19. The van der Waals surface area contributed by atoms with E-state index in [0.29, 0.717) is 5.89 Å². The molecule has 6 heteroatoms. The minimum absolute atomic E-state index is 0.644. The molecule has 0 saturated heterocycles. The monoisotopic (exact) mass is 740 g/mol. The summed E-state index contributed by atoms with van der Waals surface area (Å²) in [7, 11) is 0. The predicted octanol–water partition coefficient (Wildman–Crippen LogP) is 15.3. The van der Waals surface area contributed by atoms with Gasteiger partial charge < -0.3 is 13.7 Å². The van der Waals surface area contributed by atoms with Gasteiger partial charge in [0.05, 0.1) is 0 Å². The molecule has 12 rings (SSSR count). The summed E-state index contributed by atoms with van der Waals surface area (Å²) in [5, 5.41) is 7.10. The molecule has 0 bridgehead atoms. The van der Waals surface area contributed by atoms with Gasteiger partial charge in [0.25, 0.3) is 0 Å². The van der Waals surface area contributed by atoms with Crippen molar-refractivity contribution in [3.8, 4) is 22.6 Å². The molecule has 0 unspecified atom stereocenters. The Morgan fingerprint density at radius 2 is 1.07 bits per heavy atom. The molecule has 0 amide bonds. The van der Waals surface area contributed by atoms with Crippen LogP contribution in [0.4, 0.5) is 17.1 Å². The van der Waals surface area contributed by atoms with E-state index >= 15 is 0 Å². The molecule has 0 aliphatic heterocycles. The van der Waals surface area contributed by atoms with Crippen molar-refractivity contribution < 1.29 is 8.83 Å². The highest BCUT2D eigenvalue weighted by atomic mass is 32.1. The van der Waals surface area contributed by atoms with E-state index < -0.39 is 0 Å². The Morgan fingerprint density at radius 1 is 0.400 bits per heavy atom. The molecule has 0 spiro atoms. The van der Waals surface area contributed by atoms with E-state index in [1.807, 2.05) is 53.8 Å². The molecule has 8 aromatic carbocycles. The average molecular weight is 741 g/mol. The topological polar surface area (TPSA) is 42.4 Å². The Labute approximate surface area is 322 Å². The molecule has 0 radical (unpaired) electrons. The van der Waals surface area contributed by atoms with Crippen LogP contribution >= 0.6 is 22.7 Å². The van der Waals surface area contributed by atoms with Crippen LogP contribution in [0.2, 0.25) is 0 Å². The van der Waals surface area contributed by atoms with Gasteiger partial charge in [0, 0.05) is 73.7 Å². The maximum Gasteiger partial charge on any atom is 0.227 e. The highest BCUT2D eigenvalue weighted by molar-refractivity contribution is 7.26. The summed E-state index contributed by atoms with van der Waals surface area (Å²) >= 11 is 3.63. The molecule has 0 aliphatic rings. The van der Waals surface area contributed by atoms with Gasteiger partial charge in [-0.15, -0.1) is 22.7 Å². The largest absolute Gasteiger partial charge is 0.456 e. The summed E-state index contributed by atoms with van der Waals surface area (Å²) in [5.41, 5.74) is 10.0. The molecular formula is C49H28N2O2S2. The number of furan rings is 1. The number of thiophene rings is 2. The number of benzene rings is 8. The molecule has 0 fully saturated rings. The third-order valence-electron chi connectivity index (χ3n) is 10.7. The van der Waals surface area contributed by atoms with Gasteiger partial charge >= 0.3 is 0 Å². The zero-order valence-corrected chi connectivity index (χ0v) is 30.8. The normalized spacial score (nSPS) is 12.0. The van der Waals surface area contributed by atoms with Crippen molar-refractivity contribution in [2.24, 2.45) is 0 Å². The third-order valence-corrected chi connectivity index (χ3v) is 13.0. The van der Waals surface area contributed by atoms with Crippen LogP contribution in [0.15, 0.2) is 179 Å². The lowest BCUT2D eigenvalue weighted by atomic mass is 10.0. The minimum Gasteiger partial charge on any atom is -0.456 e. The van der Waals surface area contributed by atoms with Crippen LogP contribution in [0.5, 0.6) is 0 Å². The van der Waals surface area contributed by atoms with Crippen molar-refractivity contribution in [1.29, 1.82) is 0 Å². The number of hydrogen-bond donors (Lipinski definition) is 0. The number of oxazole rings is 1. The van der Waals surface area contributed by atoms with Crippen molar-refractivity contribution in [3.63, 3.8) is 0 Å². The highest BCUT2D eigenvalue weighted by Crippen LogP contribution is 2.44. The summed E-state index contributed by atoms with van der Waals surface area (Å²) < 4.78 is 17.7. The summed E-state index contributed by atoms with van der Waals surface area (Å²) in [6, 6.07) is 60.3. The van der Waals surface area contributed by atoms with Crippen LogP contribution in [0.3, 0.4) is 0 Å². The van der Waals surface area contributed by atoms with E-state index in [1.54, 1.807) is 11.3 Å². The minimum atomic E-state index is 0.644. The fraction of sp³-hybridized carbons (Fsp3) is 0. The number of fused-ring (bicyclic) bond motifs is 11. The van der Waals surface area contributed by atoms with Crippen molar-refractivity contribution in [3.05, 3.63) is 170 Å². The first-order chi connectivity index (χ1) is 27.2. The maximum absolute atomic E-state index is 6.48. The lowest BCUT2D eigenvalue weighted by Gasteiger charge is -2.26. The van der Waals surface area contributed by atoms with Gasteiger partial charge in [0.2, 0.25) is 5.89 Å². The van der Waals surface area contributed by atoms with Gasteiger partial charge in [-0.1, -0.05) is 78.9 Å². The summed E-state index contributed by atoms with van der Waals surface area (Å²) in [5.74, 6) is 0.644. The van der Waals surface area contributed by atoms with E-state index in [2.05, 4.69) is 132 Å². The van der Waals surface area contributed by atoms with Crippen LogP contribution in [0.1, 0.15) is 0 Å². The molecule has 0 atom stereocenters. The number of nitrogens with zero attached hydrogens (tertiary/aromatic N) is 2. The van der Waals surface area contributed by atoms with Crippen molar-refractivity contribution in [2.45, 2.75) is 0 Å². The second kappa shape index (κ2) is 11.9. The van der Waals surface area contributed by atoms with Crippen molar-refractivity contribution >= 4 is 113 Å². The van der Waals surface area contributed by atoms with Crippen LogP contribution in [-0.2, 0) is 0 Å². The van der Waals surface area contributed by atoms with Gasteiger partial charge in [-0.25, -0.2) is 4.98 Å². The summed E-state index contributed by atoms with van der Waals surface area (Å²) in [6.07, 6.45) is 0. The second-order valence-electron chi connectivity index (χ2n) is 13.9. The number of hydrogen-bond acceptors (Lipinski definition) is 6. The molecule has 0 N–H and O–H groups in total. The fourth-order valence-corrected chi connectivity index (χ4v) is 10.3. The van der Waals surface area contributed by atoms with Crippen LogP contribution < -0.4 is 4.90 Å². The predicted molar refractivity (Wildman–Crippen MR) is 233 cm³/mol. The Morgan fingerprint density at radius 3 is 1.98 bits per heavy atom. The van der Waals surface area contributed by atoms with Gasteiger partial charge in [0.1, 0.15) is 16.7 Å². The molecule has 0 saturated carbocycles. The molecule has 0 aliphatic carbocycles. The zero-order valence-electron chi connectivity index (χ0n) is 29.2. The third kappa shape index (κ3) is 4.85. The number of anilines is 3. The molecule has 55 heavy (non-hydrogen) atoms. The first kappa shape index (κ1) is 30.7. The van der Waals surface area contributed by atoms with Gasteiger partial charge in [-0.2, -0.15) is 0 Å². The van der Waals surface area contributed by atoms with Gasteiger partial charge in [-0.05, 0) is 102 Å². The van der Waals surface area contributed by atoms with E-state index in [9.17, 15) is 0 Å². The lowest BCUT2D eigenvalue weighted by Crippen LogP contribution is -2.09. The molecule has 12 aromatic rings. The smallest absolute Gasteiger partial charge is 0.227 e. The standard InChI is InChI=1S/C49H28N2O2S2/c1-2-8-30(9-3-1)49-50-40-22-25-45-47(48(40)53-49)39-26-31(16-24-44(39)54-45)29-14-17-32(18-15-29)51(33-20-23-42-38(27-33)35-10-4-6-12-41(35)52-42)34-19-21-37-36-11-5-7-13-43(36)55-46(37)28-34/h1-28H. The molecule has 258 valence electrons. The van der Waals surface area contributed by atoms with Gasteiger partial charge in [-0.3, -0.25) is 0 Å². The second-order valence-corrected chi connectivity index (χ2v) is 16.1. The zero-order chi connectivity index (χ0) is 36.0. The Kier molecular flexibility index (Phi) is 6.64. The first-order valence-corrected chi connectivity index (χ1v) is 19.9. The Hall–Kier alpha value is -6.73. The lowest BCUT2D eigenvalue weighted by molar-refractivity contribution is 0.623. The van der Waals surface area contributed by atoms with E-state index in [1.165, 1.54) is 35.0 Å². The number of rotatable bonds is 5. The quantitative estimate of drug-likeness (QED) is 0.176. The fourth-order valence-electron chi connectivity index (χ4n) is 8.09. The maximum atomic E-state index is 6.48. The van der Waals surface area contributed by atoms with Crippen LogP contribution in [0, 0.1) is 0 Å². The summed E-state index contributed by atoms with van der Waals surface area (Å²) in [6.45, 7) is 0. The number of aromatic nitrogens is 1. The molecule has 4 heterocycles. The van der Waals surface area contributed by atoms with E-state index in [4.69, 9.17) is 13.8 Å². The Balaban J connectivity index is 0.984. The molecule has 4 nitrogen and oxygen atoms in total. The summed E-state index contributed by atoms with van der Waals surface area (Å²) in [4.78, 5) is 7.22. The van der Waals surface area contributed by atoms with Crippen LogP contribution in [-0.4, -0.2) is 4.98 Å². The average Bonchev–Trinajstić information content (AvgIpc) is 4.02.